The molecule has 3 aliphatic rings. The number of hydrogen-bond donors (Lipinski definition) is 0. The lowest BCUT2D eigenvalue weighted by atomic mass is 10.0. The molecule has 0 bridgehead atoms. The summed E-state index contributed by atoms with van der Waals surface area (Å²) in [7, 11) is 0. The molecule has 2 nitrogen and oxygen atoms in total. The average molecular weight is 144 g/mol. The third-order valence-corrected chi connectivity index (χ3v) is 4.20. The topological polar surface area (TPSA) is 47.6 Å². The normalized spacial score (nSPS) is 62.0. The van der Waals surface area contributed by atoms with Crippen LogP contribution in [-0.4, -0.2) is 0 Å². The molecule has 0 radical (unpaired) electrons. The summed E-state index contributed by atoms with van der Waals surface area (Å²) in [6.07, 6.45) is 4.00. The van der Waals surface area contributed by atoms with E-state index in [2.05, 4.69) is 12.1 Å². The molecule has 1 spiro atoms. The van der Waals surface area contributed by atoms with E-state index in [0.717, 1.165) is 25.7 Å². The van der Waals surface area contributed by atoms with Gasteiger partial charge in [0, 0.05) is 5.41 Å². The van der Waals surface area contributed by atoms with Crippen LogP contribution in [0.15, 0.2) is 0 Å². The number of nitriles is 2. The van der Waals surface area contributed by atoms with Crippen LogP contribution in [0.25, 0.3) is 0 Å². The summed E-state index contributed by atoms with van der Waals surface area (Å²) in [4.78, 5) is 0. The van der Waals surface area contributed by atoms with Gasteiger partial charge >= 0.3 is 0 Å². The molecule has 11 heavy (non-hydrogen) atoms. The Bertz CT molecular complexity index is 290. The molecule has 0 heterocycles. The molecule has 54 valence electrons. The molecule has 0 N–H and O–H groups in total. The zero-order valence-electron chi connectivity index (χ0n) is 6.22. The van der Waals surface area contributed by atoms with Gasteiger partial charge in [-0.15, -0.1) is 0 Å². The van der Waals surface area contributed by atoms with Crippen molar-refractivity contribution in [2.75, 3.05) is 0 Å². The SMILES string of the molecule is N#CC12CCC3(C#N)CC13C2. The summed E-state index contributed by atoms with van der Waals surface area (Å²) in [5.41, 5.74) is 0.120. The predicted octanol–water partition coefficient (Wildman–Crippen LogP) is 1.59. The Balaban J connectivity index is 2.10. The number of rotatable bonds is 0. The van der Waals surface area contributed by atoms with Gasteiger partial charge in [-0.05, 0) is 25.7 Å². The zero-order chi connectivity index (χ0) is 7.74. The molecule has 0 aliphatic heterocycles. The number of nitrogens with zero attached hydrogens (tertiary/aromatic N) is 2. The second-order valence-electron chi connectivity index (χ2n) is 4.32. The van der Waals surface area contributed by atoms with Gasteiger partial charge in [0.2, 0.25) is 0 Å². The maximum atomic E-state index is 8.91. The maximum Gasteiger partial charge on any atom is 0.0696 e. The largest absolute Gasteiger partial charge is 0.198 e. The highest BCUT2D eigenvalue weighted by Gasteiger charge is 2.91. The summed E-state index contributed by atoms with van der Waals surface area (Å²) >= 11 is 0. The van der Waals surface area contributed by atoms with Crippen LogP contribution in [0.4, 0.5) is 0 Å². The Morgan fingerprint density at radius 1 is 0.909 bits per heavy atom. The van der Waals surface area contributed by atoms with Crippen LogP contribution in [0.5, 0.6) is 0 Å². The van der Waals surface area contributed by atoms with Crippen molar-refractivity contribution in [1.29, 1.82) is 10.5 Å². The molecule has 3 saturated carbocycles. The van der Waals surface area contributed by atoms with E-state index >= 15 is 0 Å². The van der Waals surface area contributed by atoms with E-state index in [1.807, 2.05) is 0 Å². The van der Waals surface area contributed by atoms with Crippen LogP contribution < -0.4 is 0 Å². The predicted molar refractivity (Wildman–Crippen MR) is 37.0 cm³/mol. The van der Waals surface area contributed by atoms with Crippen molar-refractivity contribution in [3.05, 3.63) is 0 Å². The van der Waals surface area contributed by atoms with Crippen molar-refractivity contribution in [1.82, 2.24) is 0 Å². The molecule has 3 fully saturated rings. The van der Waals surface area contributed by atoms with Crippen molar-refractivity contribution in [2.45, 2.75) is 25.7 Å². The Hall–Kier alpha value is -1.02. The van der Waals surface area contributed by atoms with Gasteiger partial charge in [0.25, 0.3) is 0 Å². The minimum Gasteiger partial charge on any atom is -0.198 e. The van der Waals surface area contributed by atoms with Gasteiger partial charge < -0.3 is 0 Å². The van der Waals surface area contributed by atoms with Gasteiger partial charge in [0.1, 0.15) is 0 Å². The third-order valence-electron chi connectivity index (χ3n) is 4.20. The van der Waals surface area contributed by atoms with Crippen LogP contribution in [0, 0.1) is 38.9 Å². The Kier molecular flexibility index (Phi) is 0.552. The van der Waals surface area contributed by atoms with Crippen molar-refractivity contribution in [2.24, 2.45) is 16.2 Å². The second kappa shape index (κ2) is 1.08. The second-order valence-corrected chi connectivity index (χ2v) is 4.32. The molecular formula is C9H8N2. The average Bonchev–Trinajstić information content (AvgIpc) is 2.88. The first-order valence-corrected chi connectivity index (χ1v) is 4.07. The van der Waals surface area contributed by atoms with Crippen molar-refractivity contribution < 1.29 is 0 Å². The summed E-state index contributed by atoms with van der Waals surface area (Å²) in [6, 6.07) is 4.81. The molecule has 2 heteroatoms. The minimum absolute atomic E-state index is 0.0390. The van der Waals surface area contributed by atoms with Gasteiger partial charge in [-0.1, -0.05) is 0 Å². The molecule has 0 saturated heterocycles. The van der Waals surface area contributed by atoms with Crippen LogP contribution in [-0.2, 0) is 0 Å². The van der Waals surface area contributed by atoms with Crippen LogP contribution in [0.3, 0.4) is 0 Å². The quantitative estimate of drug-likeness (QED) is 0.518. The molecule has 0 aromatic carbocycles. The highest BCUT2D eigenvalue weighted by atomic mass is 14.9. The fourth-order valence-electron chi connectivity index (χ4n) is 3.29. The van der Waals surface area contributed by atoms with Gasteiger partial charge in [-0.3, -0.25) is 0 Å². The Morgan fingerprint density at radius 2 is 1.36 bits per heavy atom. The molecular weight excluding hydrogens is 136 g/mol. The van der Waals surface area contributed by atoms with E-state index in [-0.39, 0.29) is 16.2 Å². The summed E-state index contributed by atoms with van der Waals surface area (Å²) in [5.74, 6) is 0. The molecule has 0 aromatic heterocycles. The highest BCUT2D eigenvalue weighted by molar-refractivity contribution is 5.47. The zero-order valence-corrected chi connectivity index (χ0v) is 6.22. The van der Waals surface area contributed by atoms with Crippen LogP contribution in [0.2, 0.25) is 0 Å². The fourth-order valence-corrected chi connectivity index (χ4v) is 3.29. The van der Waals surface area contributed by atoms with Crippen LogP contribution >= 0.6 is 0 Å². The summed E-state index contributed by atoms with van der Waals surface area (Å²) < 4.78 is 0. The van der Waals surface area contributed by atoms with Crippen LogP contribution in [0.1, 0.15) is 25.7 Å². The van der Waals surface area contributed by atoms with Crippen molar-refractivity contribution in [3.8, 4) is 12.1 Å². The monoisotopic (exact) mass is 144 g/mol. The lowest BCUT2D eigenvalue weighted by Gasteiger charge is -2.00. The van der Waals surface area contributed by atoms with Gasteiger partial charge in [-0.2, -0.15) is 10.5 Å². The molecule has 0 amide bonds. The molecule has 3 aliphatic carbocycles. The molecule has 0 aromatic rings. The van der Waals surface area contributed by atoms with Gasteiger partial charge in [-0.25, -0.2) is 0 Å². The first kappa shape index (κ1) is 5.61. The van der Waals surface area contributed by atoms with E-state index in [1.54, 1.807) is 0 Å². The third kappa shape index (κ3) is 0.303. The standard InChI is InChI=1S/C9H8N2/c10-5-7-1-2-8(6-11)4-9(7,8)3-7/h1-4H2. The first-order chi connectivity index (χ1) is 5.24. The van der Waals surface area contributed by atoms with E-state index in [4.69, 9.17) is 10.5 Å². The highest BCUT2D eigenvalue weighted by Crippen LogP contribution is 2.94. The van der Waals surface area contributed by atoms with E-state index in [1.165, 1.54) is 0 Å². The fraction of sp³-hybridized carbons (Fsp3) is 0.778. The first-order valence-electron chi connectivity index (χ1n) is 4.07. The van der Waals surface area contributed by atoms with Gasteiger partial charge in [0.05, 0.1) is 23.0 Å². The Labute approximate surface area is 65.4 Å². The van der Waals surface area contributed by atoms with E-state index in [0.29, 0.717) is 0 Å². The van der Waals surface area contributed by atoms with Crippen molar-refractivity contribution in [3.63, 3.8) is 0 Å². The van der Waals surface area contributed by atoms with E-state index < -0.39 is 0 Å². The lowest BCUT2D eigenvalue weighted by Crippen LogP contribution is -1.95. The molecule has 2 atom stereocenters. The smallest absolute Gasteiger partial charge is 0.0696 e. The molecule has 3 rings (SSSR count). The minimum atomic E-state index is -0.0390. The van der Waals surface area contributed by atoms with Crippen molar-refractivity contribution >= 4 is 0 Å². The lowest BCUT2D eigenvalue weighted by molar-refractivity contribution is 0.549. The molecule has 2 unspecified atom stereocenters. The van der Waals surface area contributed by atoms with E-state index in [9.17, 15) is 0 Å². The van der Waals surface area contributed by atoms with Gasteiger partial charge in [0.15, 0.2) is 0 Å². The summed E-state index contributed by atoms with van der Waals surface area (Å²) in [5, 5.41) is 17.8. The summed E-state index contributed by atoms with van der Waals surface area (Å²) in [6.45, 7) is 0. The Morgan fingerprint density at radius 3 is 1.55 bits per heavy atom. The maximum absolute atomic E-state index is 8.91. The number of hydrogen-bond acceptors (Lipinski definition) is 2.